The summed E-state index contributed by atoms with van der Waals surface area (Å²) < 4.78 is 17.8. The molecule has 1 aromatic carbocycles. The number of rotatable bonds is 5. The molecule has 32 heavy (non-hydrogen) atoms. The molecule has 3 aromatic heterocycles. The Morgan fingerprint density at radius 1 is 1.28 bits per heavy atom. The molecule has 1 aliphatic rings. The van der Waals surface area contributed by atoms with E-state index in [-0.39, 0.29) is 17.6 Å². The third-order valence-corrected chi connectivity index (χ3v) is 6.76. The molecule has 164 valence electrons. The molecule has 1 amide bonds. The van der Waals surface area contributed by atoms with Gasteiger partial charge < -0.3 is 23.9 Å². The molecule has 4 aromatic rings. The van der Waals surface area contributed by atoms with Gasteiger partial charge in [-0.15, -0.1) is 11.3 Å². The third kappa shape index (κ3) is 3.49. The van der Waals surface area contributed by atoms with Crippen LogP contribution in [0.1, 0.15) is 32.2 Å². The maximum absolute atomic E-state index is 12.9. The van der Waals surface area contributed by atoms with E-state index in [9.17, 15) is 14.7 Å². The van der Waals surface area contributed by atoms with Crippen LogP contribution in [0.2, 0.25) is 0 Å². The average Bonchev–Trinajstić information content (AvgIpc) is 3.49. The van der Waals surface area contributed by atoms with Gasteiger partial charge in [-0.2, -0.15) is 0 Å². The zero-order chi connectivity index (χ0) is 22.4. The van der Waals surface area contributed by atoms with Gasteiger partial charge in [0, 0.05) is 43.9 Å². The lowest BCUT2D eigenvalue weighted by atomic mass is 10.1. The Labute approximate surface area is 187 Å². The monoisotopic (exact) mass is 452 g/mol. The lowest BCUT2D eigenvalue weighted by Crippen LogP contribution is -2.29. The van der Waals surface area contributed by atoms with Gasteiger partial charge in [0.25, 0.3) is 5.91 Å². The number of aromatic carboxylic acids is 1. The van der Waals surface area contributed by atoms with Crippen LogP contribution in [0.5, 0.6) is 11.5 Å². The minimum absolute atomic E-state index is 0.0350. The summed E-state index contributed by atoms with van der Waals surface area (Å²) in [6.45, 7) is 2.88. The van der Waals surface area contributed by atoms with Crippen LogP contribution in [0.15, 0.2) is 40.9 Å². The van der Waals surface area contributed by atoms with Crippen LogP contribution in [0.4, 0.5) is 0 Å². The molecule has 1 atom stereocenters. The van der Waals surface area contributed by atoms with Gasteiger partial charge in [0.2, 0.25) is 0 Å². The number of aryl methyl sites for hydroxylation is 1. The molecule has 9 heteroatoms. The summed E-state index contributed by atoms with van der Waals surface area (Å²) in [5.41, 5.74) is 1.27. The molecule has 0 bridgehead atoms. The molecule has 0 saturated carbocycles. The number of aromatic nitrogens is 1. The van der Waals surface area contributed by atoms with Crippen molar-refractivity contribution in [1.29, 1.82) is 0 Å². The van der Waals surface area contributed by atoms with Crippen molar-refractivity contribution >= 4 is 44.4 Å². The standard InChI is InChI=1S/C23H20N2O6S/c1-12-20(23(27)28)15-4-3-13(9-18(15)30-12)31-17-5-7-24-16-10-19(32-21(16)17)22(26)25-8-6-14(11-25)29-2/h3-5,7,9-10,14H,6,8,11H2,1-2H3,(H,27,28). The Morgan fingerprint density at radius 2 is 2.12 bits per heavy atom. The third-order valence-electron chi connectivity index (χ3n) is 5.63. The highest BCUT2D eigenvalue weighted by Crippen LogP contribution is 2.37. The largest absolute Gasteiger partial charge is 0.478 e. The number of methoxy groups -OCH3 is 1. The number of fused-ring (bicyclic) bond motifs is 2. The van der Waals surface area contributed by atoms with Crippen molar-refractivity contribution in [3.05, 3.63) is 52.7 Å². The van der Waals surface area contributed by atoms with Crippen LogP contribution >= 0.6 is 11.3 Å². The molecule has 0 aliphatic carbocycles. The Hall–Kier alpha value is -3.43. The number of nitrogens with zero attached hydrogens (tertiary/aromatic N) is 2. The highest BCUT2D eigenvalue weighted by atomic mass is 32.1. The van der Waals surface area contributed by atoms with Gasteiger partial charge in [-0.3, -0.25) is 9.78 Å². The van der Waals surface area contributed by atoms with Crippen molar-refractivity contribution in [2.75, 3.05) is 20.2 Å². The Bertz CT molecular complexity index is 1360. The fourth-order valence-electron chi connectivity index (χ4n) is 4.02. The van der Waals surface area contributed by atoms with Crippen LogP contribution in [0.25, 0.3) is 21.2 Å². The van der Waals surface area contributed by atoms with E-state index in [1.54, 1.807) is 55.5 Å². The van der Waals surface area contributed by atoms with Crippen molar-refractivity contribution in [3.63, 3.8) is 0 Å². The number of benzene rings is 1. The first-order valence-corrected chi connectivity index (χ1v) is 10.9. The van der Waals surface area contributed by atoms with Gasteiger partial charge >= 0.3 is 5.97 Å². The number of likely N-dealkylation sites (tertiary alicyclic amines) is 1. The van der Waals surface area contributed by atoms with Crippen LogP contribution in [-0.2, 0) is 4.74 Å². The van der Waals surface area contributed by atoms with Crippen LogP contribution in [-0.4, -0.2) is 53.2 Å². The summed E-state index contributed by atoms with van der Waals surface area (Å²) in [6, 6.07) is 8.56. The van der Waals surface area contributed by atoms with E-state index in [1.165, 1.54) is 11.3 Å². The zero-order valence-electron chi connectivity index (χ0n) is 17.5. The first-order valence-electron chi connectivity index (χ1n) is 10.1. The molecule has 0 spiro atoms. The number of thiophene rings is 1. The molecule has 1 fully saturated rings. The van der Waals surface area contributed by atoms with Gasteiger partial charge in [0.05, 0.1) is 21.2 Å². The minimum atomic E-state index is -1.03. The number of hydrogen-bond acceptors (Lipinski definition) is 7. The highest BCUT2D eigenvalue weighted by Gasteiger charge is 2.28. The summed E-state index contributed by atoms with van der Waals surface area (Å²) in [5, 5.41) is 9.91. The lowest BCUT2D eigenvalue weighted by Gasteiger charge is -2.14. The summed E-state index contributed by atoms with van der Waals surface area (Å²) >= 11 is 1.34. The molecule has 4 heterocycles. The normalized spacial score (nSPS) is 16.2. The molecular weight excluding hydrogens is 432 g/mol. The zero-order valence-corrected chi connectivity index (χ0v) is 18.3. The van der Waals surface area contributed by atoms with E-state index in [1.807, 2.05) is 0 Å². The van der Waals surface area contributed by atoms with E-state index in [2.05, 4.69) is 4.98 Å². The van der Waals surface area contributed by atoms with E-state index in [0.29, 0.717) is 51.7 Å². The molecular formula is C23H20N2O6S. The number of carbonyl (C=O) groups is 2. The number of furan rings is 1. The maximum atomic E-state index is 12.9. The molecule has 1 unspecified atom stereocenters. The molecule has 0 radical (unpaired) electrons. The summed E-state index contributed by atoms with van der Waals surface area (Å²) in [7, 11) is 1.66. The van der Waals surface area contributed by atoms with E-state index in [4.69, 9.17) is 13.9 Å². The molecule has 1 N–H and O–H groups in total. The predicted molar refractivity (Wildman–Crippen MR) is 119 cm³/mol. The predicted octanol–water partition coefficient (Wildman–Crippen LogP) is 4.70. The second-order valence-corrected chi connectivity index (χ2v) is 8.68. The molecule has 5 rings (SSSR count). The van der Waals surface area contributed by atoms with Crippen molar-refractivity contribution in [2.45, 2.75) is 19.4 Å². The summed E-state index contributed by atoms with van der Waals surface area (Å²) in [4.78, 5) is 31.2. The quantitative estimate of drug-likeness (QED) is 0.468. The number of carbonyl (C=O) groups excluding carboxylic acids is 1. The lowest BCUT2D eigenvalue weighted by molar-refractivity contribution is 0.0695. The second kappa shape index (κ2) is 7.92. The fraction of sp³-hybridized carbons (Fsp3) is 0.261. The topological polar surface area (TPSA) is 102 Å². The van der Waals surface area contributed by atoms with Crippen molar-refractivity contribution in [1.82, 2.24) is 9.88 Å². The van der Waals surface area contributed by atoms with Crippen molar-refractivity contribution in [3.8, 4) is 11.5 Å². The van der Waals surface area contributed by atoms with Crippen LogP contribution in [0, 0.1) is 6.92 Å². The fourth-order valence-corrected chi connectivity index (χ4v) is 5.05. The van der Waals surface area contributed by atoms with Gasteiger partial charge in [-0.1, -0.05) is 0 Å². The first-order chi connectivity index (χ1) is 15.4. The Balaban J connectivity index is 1.45. The minimum Gasteiger partial charge on any atom is -0.478 e. The molecule has 1 saturated heterocycles. The second-order valence-electron chi connectivity index (χ2n) is 7.63. The van der Waals surface area contributed by atoms with Gasteiger partial charge in [-0.05, 0) is 31.5 Å². The van der Waals surface area contributed by atoms with Crippen molar-refractivity contribution in [2.24, 2.45) is 0 Å². The number of carboxylic acids is 1. The Morgan fingerprint density at radius 3 is 2.88 bits per heavy atom. The Kier molecular flexibility index (Phi) is 5.07. The molecule has 8 nitrogen and oxygen atoms in total. The number of ether oxygens (including phenoxy) is 2. The van der Waals surface area contributed by atoms with Crippen LogP contribution in [0.3, 0.4) is 0 Å². The SMILES string of the molecule is COC1CCN(C(=O)c2cc3nccc(Oc4ccc5c(C(=O)O)c(C)oc5c4)c3s2)C1. The van der Waals surface area contributed by atoms with Gasteiger partial charge in [-0.25, -0.2) is 4.79 Å². The summed E-state index contributed by atoms with van der Waals surface area (Å²) in [6.07, 6.45) is 2.54. The number of carboxylic acid groups (broad SMARTS) is 1. The van der Waals surface area contributed by atoms with Crippen molar-refractivity contribution < 1.29 is 28.6 Å². The average molecular weight is 452 g/mol. The highest BCUT2D eigenvalue weighted by molar-refractivity contribution is 7.21. The number of amides is 1. The van der Waals surface area contributed by atoms with E-state index in [0.717, 1.165) is 11.1 Å². The van der Waals surface area contributed by atoms with Gasteiger partial charge in [0.1, 0.15) is 28.4 Å². The number of hydrogen-bond donors (Lipinski definition) is 1. The van der Waals surface area contributed by atoms with Crippen LogP contribution < -0.4 is 4.74 Å². The molecule has 1 aliphatic heterocycles. The van der Waals surface area contributed by atoms with E-state index >= 15 is 0 Å². The summed E-state index contributed by atoms with van der Waals surface area (Å²) in [5.74, 6) is 0.342. The maximum Gasteiger partial charge on any atom is 0.339 e. The number of pyridine rings is 1. The van der Waals surface area contributed by atoms with E-state index < -0.39 is 5.97 Å². The smallest absolute Gasteiger partial charge is 0.339 e. The first kappa shape index (κ1) is 20.5. The van der Waals surface area contributed by atoms with Gasteiger partial charge in [0.15, 0.2) is 0 Å².